The van der Waals surface area contributed by atoms with Crippen molar-refractivity contribution >= 4 is 16.9 Å². The Kier molecular flexibility index (Phi) is 4.70. The van der Waals surface area contributed by atoms with Gasteiger partial charge in [-0.1, -0.05) is 12.1 Å². The molecule has 0 saturated heterocycles. The van der Waals surface area contributed by atoms with E-state index in [0.29, 0.717) is 17.7 Å². The fourth-order valence-electron chi connectivity index (χ4n) is 2.77. The average Bonchev–Trinajstić information content (AvgIpc) is 2.55. The SMILES string of the molecule is OCCOc1cccc2cnc(NC3CCC(O)CC3)nc12. The van der Waals surface area contributed by atoms with E-state index >= 15 is 0 Å². The number of ether oxygens (including phenoxy) is 1. The second-order valence-corrected chi connectivity index (χ2v) is 5.61. The summed E-state index contributed by atoms with van der Waals surface area (Å²) in [5.74, 6) is 1.23. The molecule has 118 valence electrons. The van der Waals surface area contributed by atoms with Gasteiger partial charge in [0.15, 0.2) is 0 Å². The zero-order chi connectivity index (χ0) is 15.4. The van der Waals surface area contributed by atoms with Crippen molar-refractivity contribution in [2.75, 3.05) is 18.5 Å². The molecule has 0 bridgehead atoms. The number of para-hydroxylation sites is 1. The average molecular weight is 303 g/mol. The standard InChI is InChI=1S/C16H21N3O3/c20-8-9-22-14-3-1-2-11-10-17-16(19-15(11)14)18-12-4-6-13(21)7-5-12/h1-3,10,12-13,20-21H,4-9H2,(H,17,18,19). The summed E-state index contributed by atoms with van der Waals surface area (Å²) < 4.78 is 5.53. The molecule has 0 amide bonds. The molecule has 22 heavy (non-hydrogen) atoms. The summed E-state index contributed by atoms with van der Waals surface area (Å²) in [7, 11) is 0. The van der Waals surface area contributed by atoms with Gasteiger partial charge < -0.3 is 20.3 Å². The summed E-state index contributed by atoms with van der Waals surface area (Å²) >= 11 is 0. The Morgan fingerprint density at radius 2 is 2.05 bits per heavy atom. The molecule has 1 aromatic heterocycles. The summed E-state index contributed by atoms with van der Waals surface area (Å²) in [4.78, 5) is 8.90. The lowest BCUT2D eigenvalue weighted by atomic mass is 9.93. The van der Waals surface area contributed by atoms with Crippen LogP contribution >= 0.6 is 0 Å². The van der Waals surface area contributed by atoms with Gasteiger partial charge in [-0.3, -0.25) is 0 Å². The van der Waals surface area contributed by atoms with E-state index in [9.17, 15) is 5.11 Å². The molecule has 1 fully saturated rings. The predicted octanol–water partition coefficient (Wildman–Crippen LogP) is 1.72. The lowest BCUT2D eigenvalue weighted by molar-refractivity contribution is 0.126. The van der Waals surface area contributed by atoms with Gasteiger partial charge in [-0.15, -0.1) is 0 Å². The first-order valence-electron chi connectivity index (χ1n) is 7.70. The topological polar surface area (TPSA) is 87.5 Å². The number of benzene rings is 1. The van der Waals surface area contributed by atoms with Crippen molar-refractivity contribution in [2.24, 2.45) is 0 Å². The maximum Gasteiger partial charge on any atom is 0.223 e. The minimum absolute atomic E-state index is 0.0308. The number of nitrogens with one attached hydrogen (secondary N) is 1. The third-order valence-electron chi connectivity index (χ3n) is 3.95. The van der Waals surface area contributed by atoms with Crippen LogP contribution in [0.1, 0.15) is 25.7 Å². The van der Waals surface area contributed by atoms with E-state index in [1.807, 2.05) is 18.2 Å². The van der Waals surface area contributed by atoms with Gasteiger partial charge in [0, 0.05) is 17.6 Å². The van der Waals surface area contributed by atoms with E-state index in [0.717, 1.165) is 36.6 Å². The second kappa shape index (κ2) is 6.89. The quantitative estimate of drug-likeness (QED) is 0.779. The van der Waals surface area contributed by atoms with E-state index in [2.05, 4.69) is 15.3 Å². The van der Waals surface area contributed by atoms with Gasteiger partial charge in [0.1, 0.15) is 17.9 Å². The van der Waals surface area contributed by atoms with Crippen LogP contribution in [0.4, 0.5) is 5.95 Å². The molecule has 1 saturated carbocycles. The zero-order valence-corrected chi connectivity index (χ0v) is 12.4. The molecule has 1 aliphatic carbocycles. The molecule has 3 rings (SSSR count). The molecule has 0 atom stereocenters. The number of rotatable bonds is 5. The van der Waals surface area contributed by atoms with Crippen LogP contribution in [0.25, 0.3) is 10.9 Å². The van der Waals surface area contributed by atoms with E-state index < -0.39 is 0 Å². The molecule has 6 nitrogen and oxygen atoms in total. The fourth-order valence-corrected chi connectivity index (χ4v) is 2.77. The summed E-state index contributed by atoms with van der Waals surface area (Å²) in [5, 5.41) is 22.7. The Bertz CT molecular complexity index is 627. The predicted molar refractivity (Wildman–Crippen MR) is 84.0 cm³/mol. The first kappa shape index (κ1) is 15.0. The summed E-state index contributed by atoms with van der Waals surface area (Å²) in [6.45, 7) is 0.212. The zero-order valence-electron chi connectivity index (χ0n) is 12.4. The molecular formula is C16H21N3O3. The van der Waals surface area contributed by atoms with Gasteiger partial charge in [0.05, 0.1) is 12.7 Å². The maximum absolute atomic E-state index is 9.56. The lowest BCUT2D eigenvalue weighted by Gasteiger charge is -2.26. The highest BCUT2D eigenvalue weighted by atomic mass is 16.5. The van der Waals surface area contributed by atoms with Crippen molar-refractivity contribution in [2.45, 2.75) is 37.8 Å². The summed E-state index contributed by atoms with van der Waals surface area (Å²) in [5.41, 5.74) is 0.740. The molecule has 1 heterocycles. The number of hydrogen-bond acceptors (Lipinski definition) is 6. The summed E-state index contributed by atoms with van der Waals surface area (Å²) in [6, 6.07) is 5.95. The van der Waals surface area contributed by atoms with Crippen LogP contribution in [0.3, 0.4) is 0 Å². The van der Waals surface area contributed by atoms with Gasteiger partial charge >= 0.3 is 0 Å². The highest BCUT2D eigenvalue weighted by Crippen LogP contribution is 2.25. The first-order chi connectivity index (χ1) is 10.8. The van der Waals surface area contributed by atoms with Crippen molar-refractivity contribution in [3.63, 3.8) is 0 Å². The monoisotopic (exact) mass is 303 g/mol. The molecule has 0 unspecified atom stereocenters. The van der Waals surface area contributed by atoms with Crippen LogP contribution in [-0.2, 0) is 0 Å². The van der Waals surface area contributed by atoms with Crippen molar-refractivity contribution in [3.05, 3.63) is 24.4 Å². The molecule has 3 N–H and O–H groups in total. The van der Waals surface area contributed by atoms with Gasteiger partial charge in [-0.25, -0.2) is 9.97 Å². The molecule has 0 radical (unpaired) electrons. The van der Waals surface area contributed by atoms with E-state index in [4.69, 9.17) is 9.84 Å². The number of nitrogens with zero attached hydrogens (tertiary/aromatic N) is 2. The first-order valence-corrected chi connectivity index (χ1v) is 7.70. The molecule has 6 heteroatoms. The Hall–Kier alpha value is -1.92. The normalized spacial score (nSPS) is 21.7. The van der Waals surface area contributed by atoms with E-state index in [1.165, 1.54) is 0 Å². The fraction of sp³-hybridized carbons (Fsp3) is 0.500. The highest BCUT2D eigenvalue weighted by Gasteiger charge is 2.20. The van der Waals surface area contributed by atoms with Gasteiger partial charge in [-0.05, 0) is 31.7 Å². The summed E-state index contributed by atoms with van der Waals surface area (Å²) in [6.07, 6.45) is 5.07. The Balaban J connectivity index is 1.79. The molecule has 0 aliphatic heterocycles. The molecule has 2 aromatic rings. The van der Waals surface area contributed by atoms with Crippen molar-refractivity contribution in [1.82, 2.24) is 9.97 Å². The Morgan fingerprint density at radius 3 is 2.82 bits per heavy atom. The van der Waals surface area contributed by atoms with Crippen LogP contribution in [0.5, 0.6) is 5.75 Å². The van der Waals surface area contributed by atoms with Gasteiger partial charge in [0.2, 0.25) is 5.95 Å². The highest BCUT2D eigenvalue weighted by molar-refractivity contribution is 5.84. The van der Waals surface area contributed by atoms with Crippen LogP contribution in [0.2, 0.25) is 0 Å². The van der Waals surface area contributed by atoms with E-state index in [1.54, 1.807) is 6.20 Å². The Labute approximate surface area is 129 Å². The minimum atomic E-state index is -0.172. The van der Waals surface area contributed by atoms with Crippen LogP contribution in [-0.4, -0.2) is 45.5 Å². The molecule has 1 aliphatic rings. The number of hydrogen-bond donors (Lipinski definition) is 3. The number of fused-ring (bicyclic) bond motifs is 1. The molecule has 0 spiro atoms. The molecule has 1 aromatic carbocycles. The third kappa shape index (κ3) is 3.45. The number of aliphatic hydroxyl groups excluding tert-OH is 2. The maximum atomic E-state index is 9.56. The minimum Gasteiger partial charge on any atom is -0.489 e. The van der Waals surface area contributed by atoms with Gasteiger partial charge in [0.25, 0.3) is 0 Å². The van der Waals surface area contributed by atoms with Crippen molar-refractivity contribution in [3.8, 4) is 5.75 Å². The second-order valence-electron chi connectivity index (χ2n) is 5.61. The largest absolute Gasteiger partial charge is 0.489 e. The van der Waals surface area contributed by atoms with Gasteiger partial charge in [-0.2, -0.15) is 0 Å². The number of aliphatic hydroxyl groups is 2. The van der Waals surface area contributed by atoms with Crippen molar-refractivity contribution < 1.29 is 14.9 Å². The van der Waals surface area contributed by atoms with Crippen LogP contribution < -0.4 is 10.1 Å². The van der Waals surface area contributed by atoms with Crippen LogP contribution in [0.15, 0.2) is 24.4 Å². The Morgan fingerprint density at radius 1 is 1.23 bits per heavy atom. The smallest absolute Gasteiger partial charge is 0.223 e. The number of aromatic nitrogens is 2. The third-order valence-corrected chi connectivity index (χ3v) is 3.95. The molecular weight excluding hydrogens is 282 g/mol. The van der Waals surface area contributed by atoms with E-state index in [-0.39, 0.29) is 19.3 Å². The van der Waals surface area contributed by atoms with Crippen LogP contribution in [0, 0.1) is 0 Å². The number of anilines is 1. The van der Waals surface area contributed by atoms with Crippen molar-refractivity contribution in [1.29, 1.82) is 0 Å². The lowest BCUT2D eigenvalue weighted by Crippen LogP contribution is -2.28.